The predicted octanol–water partition coefficient (Wildman–Crippen LogP) is 4.34. The van der Waals surface area contributed by atoms with Gasteiger partial charge < -0.3 is 10.3 Å². The van der Waals surface area contributed by atoms with Gasteiger partial charge in [-0.3, -0.25) is 9.59 Å². The number of carbonyl (C=O) groups excluding carboxylic acids is 1. The van der Waals surface area contributed by atoms with Gasteiger partial charge in [0.05, 0.1) is 5.69 Å². The van der Waals surface area contributed by atoms with E-state index in [1.54, 1.807) is 13.8 Å². The first-order valence-electron chi connectivity index (χ1n) is 9.80. The number of nitrogens with zero attached hydrogens (tertiary/aromatic N) is 2. The molecule has 0 bridgehead atoms. The Morgan fingerprint density at radius 1 is 1.10 bits per heavy atom. The molecule has 0 fully saturated rings. The van der Waals surface area contributed by atoms with Crippen molar-refractivity contribution >= 4 is 22.4 Å². The zero-order valence-electron chi connectivity index (χ0n) is 17.3. The summed E-state index contributed by atoms with van der Waals surface area (Å²) in [5, 5.41) is 3.44. The SMILES string of the molecule is CCCc1ccc(-c2nc(NC(=O)CCc3c(C)nc(C)[nH]c3=O)sc2C)cc1. The number of anilines is 1. The van der Waals surface area contributed by atoms with E-state index < -0.39 is 0 Å². The minimum absolute atomic E-state index is 0.164. The third-order valence-corrected chi connectivity index (χ3v) is 5.64. The smallest absolute Gasteiger partial charge is 0.254 e. The van der Waals surface area contributed by atoms with E-state index in [-0.39, 0.29) is 17.9 Å². The van der Waals surface area contributed by atoms with Crippen molar-refractivity contribution in [1.82, 2.24) is 15.0 Å². The molecule has 6 nitrogen and oxygen atoms in total. The second kappa shape index (κ2) is 9.13. The van der Waals surface area contributed by atoms with Crippen LogP contribution in [0, 0.1) is 20.8 Å². The van der Waals surface area contributed by atoms with Gasteiger partial charge in [-0.15, -0.1) is 11.3 Å². The highest BCUT2D eigenvalue weighted by Gasteiger charge is 2.14. The highest BCUT2D eigenvalue weighted by atomic mass is 32.1. The largest absolute Gasteiger partial charge is 0.311 e. The number of aryl methyl sites for hydroxylation is 4. The van der Waals surface area contributed by atoms with Crippen LogP contribution >= 0.6 is 11.3 Å². The molecule has 0 unspecified atom stereocenters. The number of amides is 1. The van der Waals surface area contributed by atoms with E-state index in [0.29, 0.717) is 28.6 Å². The normalized spacial score (nSPS) is 10.9. The van der Waals surface area contributed by atoms with Gasteiger partial charge in [-0.05, 0) is 39.2 Å². The van der Waals surface area contributed by atoms with Crippen molar-refractivity contribution in [2.45, 2.75) is 53.4 Å². The molecule has 0 saturated carbocycles. The molecule has 1 aromatic carbocycles. The van der Waals surface area contributed by atoms with Crippen LogP contribution in [0.1, 0.15) is 47.3 Å². The monoisotopic (exact) mass is 410 g/mol. The molecule has 3 aromatic rings. The van der Waals surface area contributed by atoms with Gasteiger partial charge in [0.25, 0.3) is 5.56 Å². The van der Waals surface area contributed by atoms with Crippen molar-refractivity contribution in [3.05, 3.63) is 62.1 Å². The fourth-order valence-electron chi connectivity index (χ4n) is 3.30. The second-order valence-corrected chi connectivity index (χ2v) is 8.34. The number of nitrogens with one attached hydrogen (secondary N) is 2. The van der Waals surface area contributed by atoms with Crippen LogP contribution < -0.4 is 10.9 Å². The summed E-state index contributed by atoms with van der Waals surface area (Å²) in [6, 6.07) is 8.42. The van der Waals surface area contributed by atoms with Crippen LogP contribution in [-0.2, 0) is 17.6 Å². The first kappa shape index (κ1) is 20.9. The van der Waals surface area contributed by atoms with Crippen molar-refractivity contribution in [3.63, 3.8) is 0 Å². The summed E-state index contributed by atoms with van der Waals surface area (Å²) in [5.74, 6) is 0.414. The molecule has 7 heteroatoms. The van der Waals surface area contributed by atoms with Crippen LogP contribution in [0.5, 0.6) is 0 Å². The van der Waals surface area contributed by atoms with Crippen molar-refractivity contribution in [1.29, 1.82) is 0 Å². The average Bonchev–Trinajstić information content (AvgIpc) is 3.01. The summed E-state index contributed by atoms with van der Waals surface area (Å²) < 4.78 is 0. The Morgan fingerprint density at radius 3 is 2.48 bits per heavy atom. The van der Waals surface area contributed by atoms with Gasteiger partial charge in [-0.2, -0.15) is 0 Å². The molecule has 2 heterocycles. The Balaban J connectivity index is 1.66. The lowest BCUT2D eigenvalue weighted by atomic mass is 10.1. The molecule has 3 rings (SSSR count). The molecule has 2 N–H and O–H groups in total. The van der Waals surface area contributed by atoms with E-state index in [9.17, 15) is 9.59 Å². The van der Waals surface area contributed by atoms with E-state index >= 15 is 0 Å². The first-order valence-corrected chi connectivity index (χ1v) is 10.6. The molecule has 1 amide bonds. The Bertz CT molecular complexity index is 1070. The van der Waals surface area contributed by atoms with Crippen LogP contribution in [-0.4, -0.2) is 20.9 Å². The van der Waals surface area contributed by atoms with Crippen molar-refractivity contribution in [2.24, 2.45) is 0 Å². The first-order chi connectivity index (χ1) is 13.9. The molecule has 0 aliphatic rings. The number of thiazole rings is 1. The Kier molecular flexibility index (Phi) is 6.59. The van der Waals surface area contributed by atoms with Gasteiger partial charge in [-0.25, -0.2) is 9.97 Å². The number of aromatic amines is 1. The minimum Gasteiger partial charge on any atom is -0.311 e. The predicted molar refractivity (Wildman–Crippen MR) is 118 cm³/mol. The lowest BCUT2D eigenvalue weighted by Gasteiger charge is -2.05. The fraction of sp³-hybridized carbons (Fsp3) is 0.364. The number of aromatic nitrogens is 3. The lowest BCUT2D eigenvalue weighted by Crippen LogP contribution is -2.20. The molecule has 2 aromatic heterocycles. The highest BCUT2D eigenvalue weighted by molar-refractivity contribution is 7.16. The Hall–Kier alpha value is -2.80. The summed E-state index contributed by atoms with van der Waals surface area (Å²) in [6.45, 7) is 7.70. The number of benzene rings is 1. The molecular formula is C22H26N4O2S. The third-order valence-electron chi connectivity index (χ3n) is 4.75. The summed E-state index contributed by atoms with van der Waals surface area (Å²) >= 11 is 1.46. The summed E-state index contributed by atoms with van der Waals surface area (Å²) in [7, 11) is 0. The van der Waals surface area contributed by atoms with Gasteiger partial charge in [0.15, 0.2) is 5.13 Å². The number of hydrogen-bond donors (Lipinski definition) is 2. The summed E-state index contributed by atoms with van der Waals surface area (Å²) in [4.78, 5) is 37.0. The maximum atomic E-state index is 12.4. The highest BCUT2D eigenvalue weighted by Crippen LogP contribution is 2.30. The average molecular weight is 411 g/mol. The molecule has 0 spiro atoms. The molecule has 0 aliphatic heterocycles. The van der Waals surface area contributed by atoms with E-state index in [0.717, 1.165) is 29.0 Å². The summed E-state index contributed by atoms with van der Waals surface area (Å²) in [6.07, 6.45) is 2.73. The maximum absolute atomic E-state index is 12.4. The Morgan fingerprint density at radius 2 is 1.83 bits per heavy atom. The molecule has 29 heavy (non-hydrogen) atoms. The topological polar surface area (TPSA) is 87.7 Å². The zero-order valence-corrected chi connectivity index (χ0v) is 18.1. The second-order valence-electron chi connectivity index (χ2n) is 7.13. The fourth-order valence-corrected chi connectivity index (χ4v) is 4.15. The van der Waals surface area contributed by atoms with Crippen LogP contribution in [0.4, 0.5) is 5.13 Å². The van der Waals surface area contributed by atoms with E-state index in [1.165, 1.54) is 16.9 Å². The number of carbonyl (C=O) groups is 1. The van der Waals surface area contributed by atoms with Gasteiger partial charge in [0.1, 0.15) is 5.82 Å². The van der Waals surface area contributed by atoms with E-state index in [2.05, 4.69) is 51.5 Å². The number of H-pyrrole nitrogens is 1. The van der Waals surface area contributed by atoms with E-state index in [4.69, 9.17) is 0 Å². The number of hydrogen-bond acceptors (Lipinski definition) is 5. The Labute approximate surface area is 174 Å². The van der Waals surface area contributed by atoms with Crippen LogP contribution in [0.25, 0.3) is 11.3 Å². The quantitative estimate of drug-likeness (QED) is 0.606. The van der Waals surface area contributed by atoms with Gasteiger partial charge in [0.2, 0.25) is 5.91 Å². The number of rotatable bonds is 7. The van der Waals surface area contributed by atoms with Gasteiger partial charge in [-0.1, -0.05) is 37.6 Å². The molecule has 0 radical (unpaired) electrons. The maximum Gasteiger partial charge on any atom is 0.254 e. The van der Waals surface area contributed by atoms with E-state index in [1.807, 2.05) is 6.92 Å². The summed E-state index contributed by atoms with van der Waals surface area (Å²) in [5.41, 5.74) is 4.29. The molecule has 0 atom stereocenters. The van der Waals surface area contributed by atoms with Crippen LogP contribution in [0.3, 0.4) is 0 Å². The standard InChI is InChI=1S/C22H26N4O2S/c1-5-6-16-7-9-17(10-8-16)20-14(3)29-22(26-20)25-19(27)12-11-18-13(2)23-15(4)24-21(18)28/h7-10H,5-6,11-12H2,1-4H3,(H,23,24,28)(H,25,26,27). The zero-order chi connectivity index (χ0) is 21.0. The van der Waals surface area contributed by atoms with Crippen LogP contribution in [0.2, 0.25) is 0 Å². The third kappa shape index (κ3) is 5.17. The van der Waals surface area contributed by atoms with Crippen molar-refractivity contribution in [2.75, 3.05) is 5.32 Å². The molecule has 152 valence electrons. The molecule has 0 saturated heterocycles. The molecular weight excluding hydrogens is 384 g/mol. The minimum atomic E-state index is -0.179. The lowest BCUT2D eigenvalue weighted by molar-refractivity contribution is -0.116. The van der Waals surface area contributed by atoms with Crippen molar-refractivity contribution < 1.29 is 4.79 Å². The molecule has 0 aliphatic carbocycles. The van der Waals surface area contributed by atoms with Crippen molar-refractivity contribution in [3.8, 4) is 11.3 Å². The van der Waals surface area contributed by atoms with Crippen LogP contribution in [0.15, 0.2) is 29.1 Å². The van der Waals surface area contributed by atoms with Gasteiger partial charge in [0, 0.05) is 28.1 Å². The van der Waals surface area contributed by atoms with Gasteiger partial charge >= 0.3 is 0 Å².